The second kappa shape index (κ2) is 5.49. The number of hydrogen-bond donors (Lipinski definition) is 1. The molecule has 0 saturated carbocycles. The molecule has 1 fully saturated rings. The highest BCUT2D eigenvalue weighted by Gasteiger charge is 2.26. The van der Waals surface area contributed by atoms with Crippen LogP contribution in [-0.2, 0) is 4.74 Å². The molecule has 1 saturated heterocycles. The Morgan fingerprint density at radius 2 is 2.35 bits per heavy atom. The number of nitrogens with two attached hydrogens (primary N) is 1. The van der Waals surface area contributed by atoms with Crippen molar-refractivity contribution in [1.29, 1.82) is 0 Å². The fourth-order valence-electron chi connectivity index (χ4n) is 2.47. The van der Waals surface area contributed by atoms with Crippen LogP contribution in [0.1, 0.15) is 19.4 Å². The van der Waals surface area contributed by atoms with Gasteiger partial charge in [-0.25, -0.2) is 4.68 Å². The van der Waals surface area contributed by atoms with E-state index in [1.54, 1.807) is 0 Å². The molecule has 1 aliphatic heterocycles. The predicted octanol–water partition coefficient (Wildman–Crippen LogP) is 2.28. The number of aromatic nitrogens is 4. The molecule has 3 rings (SSSR count). The number of benzene rings is 1. The van der Waals surface area contributed by atoms with Crippen LogP contribution in [0, 0.1) is 5.92 Å². The number of nitrogens with zero attached hydrogens (tertiary/aromatic N) is 4. The number of halogens is 1. The normalized spacial score (nSPS) is 20.2. The molecule has 2 N–H and O–H groups in total. The maximum atomic E-state index is 5.93. The van der Waals surface area contributed by atoms with Gasteiger partial charge in [-0.1, -0.05) is 0 Å². The molecule has 0 spiro atoms. The molecule has 1 aliphatic rings. The molecule has 0 bridgehead atoms. The van der Waals surface area contributed by atoms with Crippen LogP contribution in [0.3, 0.4) is 0 Å². The van der Waals surface area contributed by atoms with Gasteiger partial charge in [0.2, 0.25) is 0 Å². The summed E-state index contributed by atoms with van der Waals surface area (Å²) < 4.78 is 8.18. The molecule has 0 aliphatic carbocycles. The average Bonchev–Trinajstić information content (AvgIpc) is 3.11. The van der Waals surface area contributed by atoms with Crippen LogP contribution in [0.15, 0.2) is 22.7 Å². The highest BCUT2D eigenvalue weighted by atomic mass is 79.9. The van der Waals surface area contributed by atoms with Gasteiger partial charge < -0.3 is 10.5 Å². The van der Waals surface area contributed by atoms with Crippen LogP contribution in [0.2, 0.25) is 0 Å². The van der Waals surface area contributed by atoms with E-state index in [1.165, 1.54) is 0 Å². The molecule has 2 heterocycles. The van der Waals surface area contributed by atoms with Crippen LogP contribution in [-0.4, -0.2) is 33.4 Å². The lowest BCUT2D eigenvalue weighted by molar-refractivity contribution is 0.173. The Hall–Kier alpha value is -1.47. The van der Waals surface area contributed by atoms with Gasteiger partial charge in [-0.05, 0) is 57.9 Å². The summed E-state index contributed by atoms with van der Waals surface area (Å²) >= 11 is 3.39. The number of ether oxygens (including phenoxy) is 1. The molecule has 1 aromatic heterocycles. The van der Waals surface area contributed by atoms with Crippen LogP contribution in [0.4, 0.5) is 5.69 Å². The topological polar surface area (TPSA) is 78.8 Å². The monoisotopic (exact) mass is 337 g/mol. The van der Waals surface area contributed by atoms with Gasteiger partial charge in [-0.15, -0.1) is 5.10 Å². The van der Waals surface area contributed by atoms with Gasteiger partial charge in [-0.3, -0.25) is 0 Å². The second-order valence-electron chi connectivity index (χ2n) is 5.05. The Labute approximate surface area is 125 Å². The quantitative estimate of drug-likeness (QED) is 0.869. The smallest absolute Gasteiger partial charge is 0.182 e. The molecule has 7 heteroatoms. The first-order chi connectivity index (χ1) is 9.66. The highest BCUT2D eigenvalue weighted by molar-refractivity contribution is 9.10. The number of anilines is 1. The molecule has 0 radical (unpaired) electrons. The Bertz CT molecular complexity index is 609. The van der Waals surface area contributed by atoms with Crippen molar-refractivity contribution in [2.24, 2.45) is 5.92 Å². The van der Waals surface area contributed by atoms with E-state index in [9.17, 15) is 0 Å². The largest absolute Gasteiger partial charge is 0.398 e. The van der Waals surface area contributed by atoms with Gasteiger partial charge in [0.25, 0.3) is 0 Å². The minimum absolute atomic E-state index is 0.201. The molecular weight excluding hydrogens is 322 g/mol. The van der Waals surface area contributed by atoms with Gasteiger partial charge in [-0.2, -0.15) is 0 Å². The van der Waals surface area contributed by atoms with Crippen molar-refractivity contribution in [2.75, 3.05) is 18.9 Å². The van der Waals surface area contributed by atoms with Gasteiger partial charge >= 0.3 is 0 Å². The number of rotatable bonds is 3. The standard InChI is InChI=1S/C13H16BrN5O/c1-8(10-4-5-20-7-10)19-13(16-17-18-19)9-2-3-11(14)12(15)6-9/h2-3,6,8,10H,4-5,7,15H2,1H3. The SMILES string of the molecule is CC(C1CCOC1)n1nnnc1-c1ccc(Br)c(N)c1. The van der Waals surface area contributed by atoms with Crippen molar-refractivity contribution in [3.63, 3.8) is 0 Å². The predicted molar refractivity (Wildman–Crippen MR) is 79.0 cm³/mol. The maximum Gasteiger partial charge on any atom is 0.182 e. The van der Waals surface area contributed by atoms with E-state index in [0.717, 1.165) is 35.5 Å². The number of hydrogen-bond acceptors (Lipinski definition) is 5. The van der Waals surface area contributed by atoms with Crippen molar-refractivity contribution < 1.29 is 4.74 Å². The number of nitrogen functional groups attached to an aromatic ring is 1. The fraction of sp³-hybridized carbons (Fsp3) is 0.462. The molecule has 1 aromatic carbocycles. The van der Waals surface area contributed by atoms with Crippen molar-refractivity contribution in [1.82, 2.24) is 20.2 Å². The zero-order valence-corrected chi connectivity index (χ0v) is 12.7. The lowest BCUT2D eigenvalue weighted by Gasteiger charge is -2.18. The summed E-state index contributed by atoms with van der Waals surface area (Å²) in [6.45, 7) is 3.71. The summed E-state index contributed by atoms with van der Waals surface area (Å²) in [5, 5.41) is 12.1. The van der Waals surface area contributed by atoms with Gasteiger partial charge in [0.15, 0.2) is 5.82 Å². The Kier molecular flexibility index (Phi) is 3.71. The first kappa shape index (κ1) is 13.5. The van der Waals surface area contributed by atoms with E-state index in [1.807, 2.05) is 22.9 Å². The molecular formula is C13H16BrN5O. The van der Waals surface area contributed by atoms with E-state index in [-0.39, 0.29) is 6.04 Å². The average molecular weight is 338 g/mol. The summed E-state index contributed by atoms with van der Waals surface area (Å²) in [7, 11) is 0. The van der Waals surface area contributed by atoms with E-state index in [4.69, 9.17) is 10.5 Å². The molecule has 0 amide bonds. The minimum Gasteiger partial charge on any atom is -0.398 e. The van der Waals surface area contributed by atoms with Gasteiger partial charge in [0.05, 0.1) is 12.6 Å². The summed E-state index contributed by atoms with van der Waals surface area (Å²) in [6.07, 6.45) is 1.04. The van der Waals surface area contributed by atoms with Crippen molar-refractivity contribution in [3.8, 4) is 11.4 Å². The zero-order valence-electron chi connectivity index (χ0n) is 11.2. The lowest BCUT2D eigenvalue weighted by Crippen LogP contribution is -2.19. The molecule has 2 unspecified atom stereocenters. The first-order valence-corrected chi connectivity index (χ1v) is 7.37. The third kappa shape index (κ3) is 2.43. The number of tetrazole rings is 1. The van der Waals surface area contributed by atoms with Crippen molar-refractivity contribution >= 4 is 21.6 Å². The Morgan fingerprint density at radius 3 is 3.05 bits per heavy atom. The second-order valence-corrected chi connectivity index (χ2v) is 5.90. The zero-order chi connectivity index (χ0) is 14.1. The third-order valence-corrected chi connectivity index (χ3v) is 4.50. The van der Waals surface area contributed by atoms with Crippen molar-refractivity contribution in [2.45, 2.75) is 19.4 Å². The molecule has 106 valence electrons. The van der Waals surface area contributed by atoms with E-state index in [2.05, 4.69) is 38.4 Å². The van der Waals surface area contributed by atoms with Gasteiger partial charge in [0.1, 0.15) is 0 Å². The van der Waals surface area contributed by atoms with Crippen LogP contribution < -0.4 is 5.73 Å². The molecule has 2 atom stereocenters. The van der Waals surface area contributed by atoms with Crippen LogP contribution in [0.25, 0.3) is 11.4 Å². The molecule has 6 nitrogen and oxygen atoms in total. The minimum atomic E-state index is 0.201. The molecule has 2 aromatic rings. The van der Waals surface area contributed by atoms with E-state index >= 15 is 0 Å². The summed E-state index contributed by atoms with van der Waals surface area (Å²) in [5.41, 5.74) is 7.52. The Morgan fingerprint density at radius 1 is 1.50 bits per heavy atom. The maximum absolute atomic E-state index is 5.93. The van der Waals surface area contributed by atoms with E-state index in [0.29, 0.717) is 11.6 Å². The lowest BCUT2D eigenvalue weighted by atomic mass is 10.0. The van der Waals surface area contributed by atoms with Crippen LogP contribution >= 0.6 is 15.9 Å². The van der Waals surface area contributed by atoms with Crippen LogP contribution in [0.5, 0.6) is 0 Å². The first-order valence-electron chi connectivity index (χ1n) is 6.58. The highest BCUT2D eigenvalue weighted by Crippen LogP contribution is 2.30. The summed E-state index contributed by atoms with van der Waals surface area (Å²) in [6, 6.07) is 5.95. The van der Waals surface area contributed by atoms with Crippen molar-refractivity contribution in [3.05, 3.63) is 22.7 Å². The molecule has 20 heavy (non-hydrogen) atoms. The van der Waals surface area contributed by atoms with Gasteiger partial charge in [0, 0.05) is 28.2 Å². The summed E-state index contributed by atoms with van der Waals surface area (Å²) in [4.78, 5) is 0. The summed E-state index contributed by atoms with van der Waals surface area (Å²) in [5.74, 6) is 1.19. The fourth-order valence-corrected chi connectivity index (χ4v) is 2.72. The third-order valence-electron chi connectivity index (χ3n) is 3.78. The van der Waals surface area contributed by atoms with E-state index < -0.39 is 0 Å². The Balaban J connectivity index is 1.94.